The zero-order valence-electron chi connectivity index (χ0n) is 24.0. The van der Waals surface area contributed by atoms with Gasteiger partial charge in [0.05, 0.1) is 18.8 Å². The molecule has 7 nitrogen and oxygen atoms in total. The molecule has 0 saturated carbocycles. The largest absolute Gasteiger partial charge is 0.488 e. The number of nitrogens with two attached hydrogens (primary N) is 1. The number of furan rings is 1. The normalized spacial score (nSPS) is 12.5. The third-order valence-corrected chi connectivity index (χ3v) is 7.78. The van der Waals surface area contributed by atoms with Gasteiger partial charge < -0.3 is 24.5 Å². The molecule has 5 aromatic rings. The van der Waals surface area contributed by atoms with Gasteiger partial charge in [0, 0.05) is 28.5 Å². The number of nitrogens with zero attached hydrogens (tertiary/aromatic N) is 1. The summed E-state index contributed by atoms with van der Waals surface area (Å²) in [5.74, 6) is 1.70. The van der Waals surface area contributed by atoms with Gasteiger partial charge in [0.25, 0.3) is 5.91 Å². The van der Waals surface area contributed by atoms with Crippen LogP contribution >= 0.6 is 0 Å². The predicted molar refractivity (Wildman–Crippen MR) is 167 cm³/mol. The van der Waals surface area contributed by atoms with Gasteiger partial charge in [-0.25, -0.2) is 0 Å². The van der Waals surface area contributed by atoms with Gasteiger partial charge in [0.1, 0.15) is 24.7 Å². The molecule has 0 fully saturated rings. The summed E-state index contributed by atoms with van der Waals surface area (Å²) >= 11 is 0. The average molecular weight is 575 g/mol. The van der Waals surface area contributed by atoms with Crippen molar-refractivity contribution in [3.05, 3.63) is 125 Å². The number of hydrogen-bond donors (Lipinski definition) is 1. The number of aryl methyl sites for hydroxylation is 2. The van der Waals surface area contributed by atoms with E-state index in [1.165, 1.54) is 10.5 Å². The van der Waals surface area contributed by atoms with E-state index in [-0.39, 0.29) is 31.4 Å². The van der Waals surface area contributed by atoms with Crippen LogP contribution in [0.1, 0.15) is 50.4 Å². The standard InChI is InChI=1S/C36H34N2O5/c37-30-22-27(18-19-33(30)42-24-25-10-3-1-4-11-25)31(39)23-38(36(40)26-12-5-2-6-13-26)20-21-41-34-17-9-15-29-28-14-7-8-16-32(28)43-35(29)34/h1-6,9-13,15,17-19,22H,7-8,14,16,20-21,23-24,37H2. The van der Waals surface area contributed by atoms with Crippen molar-refractivity contribution < 1.29 is 23.5 Å². The minimum Gasteiger partial charge on any atom is -0.488 e. The SMILES string of the molecule is Nc1cc(C(=O)CN(CCOc2cccc3c4c(oc23)CCCC4)C(=O)c2ccccc2)ccc1OCc1ccccc1. The first-order chi connectivity index (χ1) is 21.1. The number of nitrogen functional groups attached to an aromatic ring is 1. The van der Waals surface area contributed by atoms with Gasteiger partial charge in [-0.15, -0.1) is 0 Å². The van der Waals surface area contributed by atoms with Gasteiger partial charge in [-0.3, -0.25) is 9.59 Å². The van der Waals surface area contributed by atoms with E-state index in [9.17, 15) is 9.59 Å². The van der Waals surface area contributed by atoms with Crippen LogP contribution in [0.5, 0.6) is 11.5 Å². The van der Waals surface area contributed by atoms with Crippen LogP contribution in [0.4, 0.5) is 5.69 Å². The van der Waals surface area contributed by atoms with E-state index < -0.39 is 0 Å². The molecule has 4 aromatic carbocycles. The van der Waals surface area contributed by atoms with Crippen LogP contribution in [0.2, 0.25) is 0 Å². The zero-order chi connectivity index (χ0) is 29.6. The molecule has 1 heterocycles. The molecule has 0 saturated heterocycles. The summed E-state index contributed by atoms with van der Waals surface area (Å²) in [6.07, 6.45) is 4.24. The Hall–Kier alpha value is -5.04. The first-order valence-electron chi connectivity index (χ1n) is 14.7. The number of carbonyl (C=O) groups excluding carboxylic acids is 2. The predicted octanol–water partition coefficient (Wildman–Crippen LogP) is 6.88. The molecule has 0 atom stereocenters. The Bertz CT molecular complexity index is 1730. The van der Waals surface area contributed by atoms with Crippen molar-refractivity contribution in [2.45, 2.75) is 32.3 Å². The highest BCUT2D eigenvalue weighted by Gasteiger charge is 2.22. The molecule has 0 spiro atoms. The van der Waals surface area contributed by atoms with Gasteiger partial charge in [0.2, 0.25) is 0 Å². The number of ether oxygens (including phenoxy) is 2. The van der Waals surface area contributed by atoms with Crippen molar-refractivity contribution in [1.82, 2.24) is 4.90 Å². The molecule has 43 heavy (non-hydrogen) atoms. The lowest BCUT2D eigenvalue weighted by molar-refractivity contribution is 0.0686. The second kappa shape index (κ2) is 12.9. The fourth-order valence-electron chi connectivity index (χ4n) is 5.51. The maximum absolute atomic E-state index is 13.5. The van der Waals surface area contributed by atoms with Crippen LogP contribution in [-0.4, -0.2) is 36.3 Å². The van der Waals surface area contributed by atoms with Gasteiger partial charge in [-0.05, 0) is 61.2 Å². The van der Waals surface area contributed by atoms with Crippen LogP contribution in [0.15, 0.2) is 101 Å². The van der Waals surface area contributed by atoms with Crippen LogP contribution in [-0.2, 0) is 19.4 Å². The minimum absolute atomic E-state index is 0.125. The Kier molecular flexibility index (Phi) is 8.40. The molecule has 0 aliphatic heterocycles. The number of amides is 1. The number of rotatable bonds is 11. The highest BCUT2D eigenvalue weighted by molar-refractivity contribution is 6.02. The van der Waals surface area contributed by atoms with Gasteiger partial charge in [-0.2, -0.15) is 0 Å². The Morgan fingerprint density at radius 3 is 2.35 bits per heavy atom. The fourth-order valence-corrected chi connectivity index (χ4v) is 5.51. The third-order valence-electron chi connectivity index (χ3n) is 7.78. The maximum Gasteiger partial charge on any atom is 0.254 e. The lowest BCUT2D eigenvalue weighted by Crippen LogP contribution is -2.38. The Balaban J connectivity index is 1.15. The van der Waals surface area contributed by atoms with Crippen LogP contribution in [0.25, 0.3) is 11.0 Å². The molecule has 0 unspecified atom stereocenters. The topological polar surface area (TPSA) is 95.0 Å². The van der Waals surface area contributed by atoms with E-state index in [0.29, 0.717) is 34.9 Å². The summed E-state index contributed by atoms with van der Waals surface area (Å²) in [7, 11) is 0. The summed E-state index contributed by atoms with van der Waals surface area (Å²) in [6, 6.07) is 29.6. The van der Waals surface area contributed by atoms with Crippen molar-refractivity contribution in [3.8, 4) is 11.5 Å². The smallest absolute Gasteiger partial charge is 0.254 e. The number of para-hydroxylation sites is 1. The van der Waals surface area contributed by atoms with Crippen LogP contribution in [0, 0.1) is 0 Å². The Morgan fingerprint density at radius 2 is 1.56 bits per heavy atom. The number of anilines is 1. The molecule has 1 aromatic heterocycles. The second-order valence-corrected chi connectivity index (χ2v) is 10.7. The first-order valence-corrected chi connectivity index (χ1v) is 14.7. The highest BCUT2D eigenvalue weighted by atomic mass is 16.5. The number of carbonyl (C=O) groups is 2. The van der Waals surface area contributed by atoms with Crippen LogP contribution < -0.4 is 15.2 Å². The van der Waals surface area contributed by atoms with Crippen molar-refractivity contribution in [3.63, 3.8) is 0 Å². The molecule has 1 aliphatic carbocycles. The van der Waals surface area contributed by atoms with E-state index in [1.807, 2.05) is 48.5 Å². The quantitative estimate of drug-likeness (QED) is 0.137. The molecule has 7 heteroatoms. The molecule has 218 valence electrons. The lowest BCUT2D eigenvalue weighted by atomic mass is 9.96. The molecular formula is C36H34N2O5. The van der Waals surface area contributed by atoms with Gasteiger partial charge in [0.15, 0.2) is 17.1 Å². The number of fused-ring (bicyclic) bond motifs is 3. The minimum atomic E-state index is -0.250. The third kappa shape index (κ3) is 6.41. The van der Waals surface area contributed by atoms with Crippen molar-refractivity contribution in [1.29, 1.82) is 0 Å². The van der Waals surface area contributed by atoms with E-state index in [1.54, 1.807) is 42.5 Å². The molecule has 2 N–H and O–H groups in total. The maximum atomic E-state index is 13.5. The van der Waals surface area contributed by atoms with E-state index in [2.05, 4.69) is 6.07 Å². The number of benzene rings is 4. The van der Waals surface area contributed by atoms with Crippen molar-refractivity contribution in [2.24, 2.45) is 0 Å². The molecule has 0 bridgehead atoms. The average Bonchev–Trinajstić information content (AvgIpc) is 3.44. The molecule has 1 aliphatic rings. The number of hydrogen-bond acceptors (Lipinski definition) is 6. The van der Waals surface area contributed by atoms with Crippen LogP contribution in [0.3, 0.4) is 0 Å². The van der Waals surface area contributed by atoms with E-state index in [4.69, 9.17) is 19.6 Å². The summed E-state index contributed by atoms with van der Waals surface area (Å²) in [4.78, 5) is 28.4. The van der Waals surface area contributed by atoms with Crippen molar-refractivity contribution in [2.75, 3.05) is 25.4 Å². The van der Waals surface area contributed by atoms with E-state index in [0.717, 1.165) is 48.0 Å². The Morgan fingerprint density at radius 1 is 0.791 bits per heavy atom. The molecule has 6 rings (SSSR count). The van der Waals surface area contributed by atoms with E-state index >= 15 is 0 Å². The summed E-state index contributed by atoms with van der Waals surface area (Å²) in [5.41, 5.74) is 10.5. The van der Waals surface area contributed by atoms with Gasteiger partial charge >= 0.3 is 0 Å². The monoisotopic (exact) mass is 574 g/mol. The molecule has 1 amide bonds. The second-order valence-electron chi connectivity index (χ2n) is 10.7. The van der Waals surface area contributed by atoms with Crippen molar-refractivity contribution >= 4 is 28.3 Å². The fraction of sp³-hybridized carbons (Fsp3) is 0.222. The zero-order valence-corrected chi connectivity index (χ0v) is 24.0. The lowest BCUT2D eigenvalue weighted by Gasteiger charge is -2.22. The number of Topliss-reactive ketones (excluding diaryl/α,β-unsaturated/α-hetero) is 1. The first kappa shape index (κ1) is 28.1. The summed E-state index contributed by atoms with van der Waals surface area (Å²) in [6.45, 7) is 0.654. The molecule has 0 radical (unpaired) electrons. The summed E-state index contributed by atoms with van der Waals surface area (Å²) in [5, 5.41) is 1.09. The highest BCUT2D eigenvalue weighted by Crippen LogP contribution is 2.36. The number of ketones is 1. The molecular weight excluding hydrogens is 540 g/mol. The van der Waals surface area contributed by atoms with Gasteiger partial charge in [-0.1, -0.05) is 60.7 Å². The summed E-state index contributed by atoms with van der Waals surface area (Å²) < 4.78 is 18.2. The Labute approximate surface area is 250 Å².